The van der Waals surface area contributed by atoms with Gasteiger partial charge in [0, 0.05) is 0 Å². The minimum Gasteiger partial charge on any atom is -0.0842 e. The lowest BCUT2D eigenvalue weighted by Gasteiger charge is -2.45. The van der Waals surface area contributed by atoms with Crippen molar-refractivity contribution >= 4 is 0 Å². The summed E-state index contributed by atoms with van der Waals surface area (Å²) in [5.74, 6) is 1.71. The predicted molar refractivity (Wildman–Crippen MR) is 57.5 cm³/mol. The minimum absolute atomic E-state index is 0.479. The Kier molecular flexibility index (Phi) is 2.09. The lowest BCUT2D eigenvalue weighted by Crippen LogP contribution is -2.35. The largest absolute Gasteiger partial charge is 0.0842 e. The molecular weight excluding hydrogens is 156 g/mol. The van der Waals surface area contributed by atoms with Crippen LogP contribution >= 0.6 is 0 Å². The normalized spacial score (nSPS) is 44.1. The van der Waals surface area contributed by atoms with Crippen LogP contribution in [0.3, 0.4) is 0 Å². The van der Waals surface area contributed by atoms with E-state index in [4.69, 9.17) is 0 Å². The predicted octanol–water partition coefficient (Wildman–Crippen LogP) is 3.95. The van der Waals surface area contributed by atoms with Crippen LogP contribution in [0.25, 0.3) is 0 Å². The van der Waals surface area contributed by atoms with Crippen molar-refractivity contribution in [2.24, 2.45) is 17.3 Å². The zero-order valence-corrected chi connectivity index (χ0v) is 9.01. The van der Waals surface area contributed by atoms with Crippen molar-refractivity contribution in [2.45, 2.75) is 40.0 Å². The number of hydrogen-bond acceptors (Lipinski definition) is 0. The van der Waals surface area contributed by atoms with Gasteiger partial charge in [0.2, 0.25) is 0 Å². The van der Waals surface area contributed by atoms with Crippen LogP contribution in [0.15, 0.2) is 23.8 Å². The van der Waals surface area contributed by atoms with Gasteiger partial charge in [0.25, 0.3) is 0 Å². The molecule has 2 aliphatic rings. The van der Waals surface area contributed by atoms with Gasteiger partial charge in [0.1, 0.15) is 0 Å². The lowest BCUT2D eigenvalue weighted by molar-refractivity contribution is 0.159. The summed E-state index contributed by atoms with van der Waals surface area (Å²) in [6.07, 6.45) is 11.0. The van der Waals surface area contributed by atoms with Gasteiger partial charge in [-0.15, -0.1) is 0 Å². The Hall–Kier alpha value is -0.520. The molecule has 0 heterocycles. The molecule has 72 valence electrons. The van der Waals surface area contributed by atoms with Crippen molar-refractivity contribution in [3.05, 3.63) is 23.8 Å². The van der Waals surface area contributed by atoms with E-state index in [1.165, 1.54) is 19.3 Å². The van der Waals surface area contributed by atoms with Crippen LogP contribution < -0.4 is 0 Å². The minimum atomic E-state index is 0.479. The third kappa shape index (κ3) is 1.27. The van der Waals surface area contributed by atoms with Gasteiger partial charge in [-0.3, -0.25) is 0 Å². The quantitative estimate of drug-likeness (QED) is 0.524. The average molecular weight is 176 g/mol. The second kappa shape index (κ2) is 3.01. The maximum Gasteiger partial charge on any atom is -0.00473 e. The van der Waals surface area contributed by atoms with Crippen molar-refractivity contribution < 1.29 is 0 Å². The number of allylic oxidation sites excluding steroid dienone is 4. The molecule has 0 aromatic carbocycles. The van der Waals surface area contributed by atoms with Gasteiger partial charge >= 0.3 is 0 Å². The van der Waals surface area contributed by atoms with Crippen LogP contribution in [0.2, 0.25) is 0 Å². The summed E-state index contributed by atoms with van der Waals surface area (Å²) in [6.45, 7) is 7.26. The van der Waals surface area contributed by atoms with E-state index in [1.807, 2.05) is 0 Å². The van der Waals surface area contributed by atoms with Crippen molar-refractivity contribution in [1.82, 2.24) is 0 Å². The molecule has 3 unspecified atom stereocenters. The van der Waals surface area contributed by atoms with Crippen molar-refractivity contribution in [3.63, 3.8) is 0 Å². The second-order valence-corrected chi connectivity index (χ2v) is 5.02. The second-order valence-electron chi connectivity index (χ2n) is 5.02. The molecule has 0 N–H and O–H groups in total. The summed E-state index contributed by atoms with van der Waals surface area (Å²) in [7, 11) is 0. The van der Waals surface area contributed by atoms with E-state index >= 15 is 0 Å². The highest BCUT2D eigenvalue weighted by Crippen LogP contribution is 2.49. The Morgan fingerprint density at radius 1 is 1.38 bits per heavy atom. The molecule has 0 nitrogen and oxygen atoms in total. The zero-order chi connectivity index (χ0) is 9.47. The first-order chi connectivity index (χ1) is 6.14. The van der Waals surface area contributed by atoms with Gasteiger partial charge in [-0.2, -0.15) is 0 Å². The smallest absolute Gasteiger partial charge is 0.00473 e. The lowest BCUT2D eigenvalue weighted by atomic mass is 9.60. The van der Waals surface area contributed by atoms with Crippen LogP contribution in [0.5, 0.6) is 0 Å². The van der Waals surface area contributed by atoms with Crippen molar-refractivity contribution in [1.29, 1.82) is 0 Å². The summed E-state index contributed by atoms with van der Waals surface area (Å²) in [5, 5.41) is 0. The van der Waals surface area contributed by atoms with Gasteiger partial charge in [-0.05, 0) is 42.1 Å². The molecule has 2 rings (SSSR count). The topological polar surface area (TPSA) is 0 Å². The Morgan fingerprint density at radius 2 is 2.15 bits per heavy atom. The molecule has 0 radical (unpaired) electrons. The first-order valence-corrected chi connectivity index (χ1v) is 5.52. The molecule has 0 aromatic heterocycles. The highest BCUT2D eigenvalue weighted by molar-refractivity contribution is 5.32. The number of fused-ring (bicyclic) bond motifs is 1. The molecule has 0 fully saturated rings. The molecule has 2 aliphatic carbocycles. The fraction of sp³-hybridized carbons (Fsp3) is 0.692. The van der Waals surface area contributed by atoms with Crippen LogP contribution in [0.4, 0.5) is 0 Å². The maximum absolute atomic E-state index is 2.46. The van der Waals surface area contributed by atoms with Gasteiger partial charge in [-0.1, -0.05) is 39.0 Å². The first kappa shape index (κ1) is 9.05. The van der Waals surface area contributed by atoms with Crippen LogP contribution in [0.1, 0.15) is 40.0 Å². The monoisotopic (exact) mass is 176 g/mol. The summed E-state index contributed by atoms with van der Waals surface area (Å²) in [6, 6.07) is 0. The maximum atomic E-state index is 2.46. The SMILES string of the molecule is CC1CC=C2C=CCCC2(C)C1C. The molecule has 0 saturated carbocycles. The van der Waals surface area contributed by atoms with E-state index in [0.717, 1.165) is 11.8 Å². The third-order valence-electron chi connectivity index (χ3n) is 4.36. The van der Waals surface area contributed by atoms with Gasteiger partial charge < -0.3 is 0 Å². The summed E-state index contributed by atoms with van der Waals surface area (Å²) < 4.78 is 0. The van der Waals surface area contributed by atoms with E-state index < -0.39 is 0 Å². The fourth-order valence-corrected chi connectivity index (χ4v) is 2.86. The zero-order valence-electron chi connectivity index (χ0n) is 9.01. The molecular formula is C13H20. The molecule has 3 atom stereocenters. The van der Waals surface area contributed by atoms with E-state index in [0.29, 0.717) is 5.41 Å². The fourth-order valence-electron chi connectivity index (χ4n) is 2.86. The first-order valence-electron chi connectivity index (χ1n) is 5.52. The molecule has 0 spiro atoms. The molecule has 0 amide bonds. The Labute approximate surface area is 81.7 Å². The standard InChI is InChI=1S/C13H20/c1-10-7-8-12-6-4-5-9-13(12,3)11(10)2/h4,6,8,10-11H,5,7,9H2,1-3H3. The van der Waals surface area contributed by atoms with Crippen LogP contribution in [0, 0.1) is 17.3 Å². The molecule has 0 bridgehead atoms. The molecule has 0 heteroatoms. The van der Waals surface area contributed by atoms with Crippen molar-refractivity contribution in [3.8, 4) is 0 Å². The highest BCUT2D eigenvalue weighted by atomic mass is 14.4. The Morgan fingerprint density at radius 3 is 2.92 bits per heavy atom. The van der Waals surface area contributed by atoms with Crippen LogP contribution in [-0.4, -0.2) is 0 Å². The molecule has 13 heavy (non-hydrogen) atoms. The summed E-state index contributed by atoms with van der Waals surface area (Å²) in [4.78, 5) is 0. The average Bonchev–Trinajstić information content (AvgIpc) is 2.13. The summed E-state index contributed by atoms with van der Waals surface area (Å²) >= 11 is 0. The van der Waals surface area contributed by atoms with E-state index in [1.54, 1.807) is 5.57 Å². The van der Waals surface area contributed by atoms with Crippen LogP contribution in [-0.2, 0) is 0 Å². The van der Waals surface area contributed by atoms with E-state index in [-0.39, 0.29) is 0 Å². The number of rotatable bonds is 0. The van der Waals surface area contributed by atoms with Gasteiger partial charge in [0.05, 0.1) is 0 Å². The Bertz CT molecular complexity index is 259. The van der Waals surface area contributed by atoms with E-state index in [9.17, 15) is 0 Å². The molecule has 0 aromatic rings. The number of hydrogen-bond donors (Lipinski definition) is 0. The summed E-state index contributed by atoms with van der Waals surface area (Å²) in [5.41, 5.74) is 2.08. The Balaban J connectivity index is 2.38. The van der Waals surface area contributed by atoms with Gasteiger partial charge in [-0.25, -0.2) is 0 Å². The molecule has 0 aliphatic heterocycles. The van der Waals surface area contributed by atoms with Crippen molar-refractivity contribution in [2.75, 3.05) is 0 Å². The van der Waals surface area contributed by atoms with Gasteiger partial charge in [0.15, 0.2) is 0 Å². The highest BCUT2D eigenvalue weighted by Gasteiger charge is 2.39. The third-order valence-corrected chi connectivity index (χ3v) is 4.36. The van der Waals surface area contributed by atoms with E-state index in [2.05, 4.69) is 39.0 Å². The molecule has 0 saturated heterocycles.